The van der Waals surface area contributed by atoms with E-state index >= 15 is 0 Å². The number of halogens is 1. The van der Waals surface area contributed by atoms with Crippen LogP contribution in [0.1, 0.15) is 13.3 Å². The molecule has 0 saturated carbocycles. The summed E-state index contributed by atoms with van der Waals surface area (Å²) in [6, 6.07) is 12.6. The Morgan fingerprint density at radius 3 is 2.42 bits per heavy atom. The van der Waals surface area contributed by atoms with E-state index in [1.807, 2.05) is 25.1 Å². The van der Waals surface area contributed by atoms with E-state index < -0.39 is 0 Å². The first-order chi connectivity index (χ1) is 9.20. The number of para-hydroxylation sites is 1. The van der Waals surface area contributed by atoms with Crippen LogP contribution in [0.3, 0.4) is 0 Å². The molecule has 0 aliphatic rings. The van der Waals surface area contributed by atoms with E-state index in [0.717, 1.165) is 6.42 Å². The minimum absolute atomic E-state index is 0.505. The van der Waals surface area contributed by atoms with Crippen LogP contribution in [-0.4, -0.2) is 6.61 Å². The van der Waals surface area contributed by atoms with Crippen molar-refractivity contribution in [2.24, 2.45) is 0 Å². The maximum atomic E-state index is 6.03. The van der Waals surface area contributed by atoms with Gasteiger partial charge in [0.25, 0.3) is 0 Å². The Morgan fingerprint density at radius 1 is 1.05 bits per heavy atom. The predicted octanol–water partition coefficient (Wildman–Crippen LogP) is 4.50. The highest BCUT2D eigenvalue weighted by Crippen LogP contribution is 2.34. The maximum absolute atomic E-state index is 6.03. The van der Waals surface area contributed by atoms with E-state index in [1.165, 1.54) is 0 Å². The van der Waals surface area contributed by atoms with Crippen LogP contribution >= 0.6 is 11.6 Å². The van der Waals surface area contributed by atoms with E-state index in [4.69, 9.17) is 26.8 Å². The number of hydrogen-bond acceptors (Lipinski definition) is 3. The Kier molecular flexibility index (Phi) is 4.53. The van der Waals surface area contributed by atoms with Crippen molar-refractivity contribution in [3.63, 3.8) is 0 Å². The van der Waals surface area contributed by atoms with Gasteiger partial charge in [0.1, 0.15) is 17.2 Å². The molecule has 2 N–H and O–H groups in total. The third-order valence-electron chi connectivity index (χ3n) is 2.53. The molecule has 0 fully saturated rings. The molecule has 2 rings (SSSR count). The molecule has 0 aromatic heterocycles. The minimum Gasteiger partial charge on any atom is -0.491 e. The number of nitrogen functional groups attached to an aromatic ring is 1. The van der Waals surface area contributed by atoms with Gasteiger partial charge >= 0.3 is 0 Å². The predicted molar refractivity (Wildman–Crippen MR) is 78.2 cm³/mol. The lowest BCUT2D eigenvalue weighted by molar-refractivity contribution is 0.318. The van der Waals surface area contributed by atoms with Crippen LogP contribution in [0, 0.1) is 0 Å². The Bertz CT molecular complexity index is 540. The zero-order chi connectivity index (χ0) is 13.7. The van der Waals surface area contributed by atoms with Gasteiger partial charge in [-0.05, 0) is 42.8 Å². The van der Waals surface area contributed by atoms with E-state index in [0.29, 0.717) is 34.6 Å². The van der Waals surface area contributed by atoms with Crippen LogP contribution in [0.4, 0.5) is 5.69 Å². The summed E-state index contributed by atoms with van der Waals surface area (Å²) in [6.45, 7) is 2.68. The average molecular weight is 278 g/mol. The fourth-order valence-electron chi connectivity index (χ4n) is 1.58. The van der Waals surface area contributed by atoms with Crippen molar-refractivity contribution in [2.45, 2.75) is 13.3 Å². The second-order valence-corrected chi connectivity index (χ2v) is 4.51. The van der Waals surface area contributed by atoms with Gasteiger partial charge in [-0.2, -0.15) is 0 Å². The number of anilines is 1. The number of benzene rings is 2. The van der Waals surface area contributed by atoms with Gasteiger partial charge in [0.05, 0.1) is 6.61 Å². The number of rotatable bonds is 5. The van der Waals surface area contributed by atoms with Crippen LogP contribution in [0.25, 0.3) is 0 Å². The molecule has 0 saturated heterocycles. The molecule has 0 atom stereocenters. The molecule has 0 unspecified atom stereocenters. The molecule has 2 aromatic carbocycles. The summed E-state index contributed by atoms with van der Waals surface area (Å²) in [4.78, 5) is 0. The molecule has 0 bridgehead atoms. The Labute approximate surface area is 117 Å². The van der Waals surface area contributed by atoms with Crippen LogP contribution in [-0.2, 0) is 0 Å². The largest absolute Gasteiger partial charge is 0.491 e. The Hall–Kier alpha value is -1.87. The van der Waals surface area contributed by atoms with Crippen molar-refractivity contribution >= 4 is 17.3 Å². The lowest BCUT2D eigenvalue weighted by atomic mass is 10.2. The van der Waals surface area contributed by atoms with Gasteiger partial charge < -0.3 is 15.2 Å². The van der Waals surface area contributed by atoms with Crippen LogP contribution in [0.5, 0.6) is 17.2 Å². The third-order valence-corrected chi connectivity index (χ3v) is 2.78. The molecule has 0 aliphatic carbocycles. The summed E-state index contributed by atoms with van der Waals surface area (Å²) >= 11 is 5.83. The summed E-state index contributed by atoms with van der Waals surface area (Å²) in [5.41, 5.74) is 6.53. The van der Waals surface area contributed by atoms with Gasteiger partial charge in [-0.3, -0.25) is 0 Å². The first-order valence-electron chi connectivity index (χ1n) is 6.15. The maximum Gasteiger partial charge on any atom is 0.154 e. The lowest BCUT2D eigenvalue weighted by Crippen LogP contribution is -2.00. The van der Waals surface area contributed by atoms with Crippen molar-refractivity contribution in [2.75, 3.05) is 12.3 Å². The highest BCUT2D eigenvalue weighted by atomic mass is 35.5. The molecule has 0 amide bonds. The van der Waals surface area contributed by atoms with Crippen LogP contribution < -0.4 is 15.2 Å². The highest BCUT2D eigenvalue weighted by molar-refractivity contribution is 6.30. The Morgan fingerprint density at radius 2 is 1.74 bits per heavy atom. The molecule has 100 valence electrons. The number of hydrogen-bond donors (Lipinski definition) is 1. The van der Waals surface area contributed by atoms with Gasteiger partial charge in [-0.15, -0.1) is 0 Å². The molecule has 3 nitrogen and oxygen atoms in total. The molecule has 0 aliphatic heterocycles. The quantitative estimate of drug-likeness (QED) is 0.818. The molecule has 0 heterocycles. The average Bonchev–Trinajstić information content (AvgIpc) is 2.42. The van der Waals surface area contributed by atoms with Gasteiger partial charge in [0.2, 0.25) is 0 Å². The monoisotopic (exact) mass is 277 g/mol. The van der Waals surface area contributed by atoms with E-state index in [2.05, 4.69) is 0 Å². The first-order valence-corrected chi connectivity index (χ1v) is 6.53. The smallest absolute Gasteiger partial charge is 0.154 e. The second-order valence-electron chi connectivity index (χ2n) is 4.07. The zero-order valence-electron chi connectivity index (χ0n) is 10.7. The van der Waals surface area contributed by atoms with Crippen molar-refractivity contribution in [3.8, 4) is 17.2 Å². The molecule has 0 spiro atoms. The summed E-state index contributed by atoms with van der Waals surface area (Å²) in [5.74, 6) is 1.91. The van der Waals surface area contributed by atoms with Crippen molar-refractivity contribution < 1.29 is 9.47 Å². The van der Waals surface area contributed by atoms with E-state index in [-0.39, 0.29) is 0 Å². The van der Waals surface area contributed by atoms with E-state index in [1.54, 1.807) is 24.3 Å². The summed E-state index contributed by atoms with van der Waals surface area (Å²) < 4.78 is 11.3. The van der Waals surface area contributed by atoms with Gasteiger partial charge in [-0.25, -0.2) is 0 Å². The van der Waals surface area contributed by atoms with Gasteiger partial charge in [0, 0.05) is 5.02 Å². The van der Waals surface area contributed by atoms with Gasteiger partial charge in [-0.1, -0.05) is 24.6 Å². The van der Waals surface area contributed by atoms with Crippen LogP contribution in [0.2, 0.25) is 5.02 Å². The van der Waals surface area contributed by atoms with Crippen molar-refractivity contribution in [3.05, 3.63) is 47.5 Å². The molecule has 0 radical (unpaired) electrons. The normalized spacial score (nSPS) is 10.2. The number of ether oxygens (including phenoxy) is 2. The third kappa shape index (κ3) is 3.55. The highest BCUT2D eigenvalue weighted by Gasteiger charge is 2.08. The van der Waals surface area contributed by atoms with Gasteiger partial charge in [0.15, 0.2) is 5.75 Å². The Balaban J connectivity index is 2.18. The fraction of sp³-hybridized carbons (Fsp3) is 0.200. The standard InChI is InChI=1S/C15H16ClNO2/c1-2-10-18-13-4-3-5-14(15(13)17)19-12-8-6-11(16)7-9-12/h3-9H,2,10,17H2,1H3. The molecular weight excluding hydrogens is 262 g/mol. The van der Waals surface area contributed by atoms with Crippen molar-refractivity contribution in [1.82, 2.24) is 0 Å². The summed E-state index contributed by atoms with van der Waals surface area (Å²) in [5, 5.41) is 0.667. The first kappa shape index (κ1) is 13.6. The SMILES string of the molecule is CCCOc1cccc(Oc2ccc(Cl)cc2)c1N. The van der Waals surface area contributed by atoms with Crippen molar-refractivity contribution in [1.29, 1.82) is 0 Å². The minimum atomic E-state index is 0.505. The van der Waals surface area contributed by atoms with Crippen LogP contribution in [0.15, 0.2) is 42.5 Å². The fourth-order valence-corrected chi connectivity index (χ4v) is 1.71. The zero-order valence-corrected chi connectivity index (χ0v) is 11.5. The molecule has 19 heavy (non-hydrogen) atoms. The van der Waals surface area contributed by atoms with E-state index in [9.17, 15) is 0 Å². The summed E-state index contributed by atoms with van der Waals surface area (Å²) in [7, 11) is 0. The lowest BCUT2D eigenvalue weighted by Gasteiger charge is -2.12. The number of nitrogens with two attached hydrogens (primary N) is 1. The second kappa shape index (κ2) is 6.34. The molecular formula is C15H16ClNO2. The molecule has 4 heteroatoms. The molecule has 2 aromatic rings. The summed E-state index contributed by atoms with van der Waals surface area (Å²) in [6.07, 6.45) is 0.932. The topological polar surface area (TPSA) is 44.5 Å².